The molecular weight excluding hydrogens is 212 g/mol. The first-order valence-corrected chi connectivity index (χ1v) is 4.90. The standard InChI is InChI=1S/C9H14N4O3/c1-5(2)3-6(9(15)16)12-8(14)7-10-4-11-13-7/h4-6H,3H2,1-2H3,(H,12,14)(H,15,16)(H,10,11,13)/t6-/m0/s1. The van der Waals surface area contributed by atoms with Crippen molar-refractivity contribution in [2.24, 2.45) is 5.92 Å². The third kappa shape index (κ3) is 3.34. The molecule has 16 heavy (non-hydrogen) atoms. The number of H-pyrrole nitrogens is 1. The molecule has 0 spiro atoms. The summed E-state index contributed by atoms with van der Waals surface area (Å²) in [5.74, 6) is -1.43. The summed E-state index contributed by atoms with van der Waals surface area (Å²) in [5, 5.41) is 18.2. The van der Waals surface area contributed by atoms with Gasteiger partial charge in [-0.2, -0.15) is 0 Å². The highest BCUT2D eigenvalue weighted by atomic mass is 16.4. The van der Waals surface area contributed by atoms with Gasteiger partial charge in [-0.3, -0.25) is 4.79 Å². The first kappa shape index (κ1) is 12.2. The molecule has 0 saturated heterocycles. The quantitative estimate of drug-likeness (QED) is 0.656. The molecule has 1 heterocycles. The predicted molar refractivity (Wildman–Crippen MR) is 54.7 cm³/mol. The lowest BCUT2D eigenvalue weighted by molar-refractivity contribution is -0.139. The van der Waals surface area contributed by atoms with Gasteiger partial charge in [0.1, 0.15) is 12.4 Å². The Morgan fingerprint density at radius 2 is 2.25 bits per heavy atom. The summed E-state index contributed by atoms with van der Waals surface area (Å²) in [7, 11) is 0. The highest BCUT2D eigenvalue weighted by molar-refractivity contribution is 5.93. The van der Waals surface area contributed by atoms with Gasteiger partial charge in [-0.1, -0.05) is 13.8 Å². The Balaban J connectivity index is 2.62. The molecule has 0 unspecified atom stereocenters. The Morgan fingerprint density at radius 3 is 2.69 bits per heavy atom. The minimum atomic E-state index is -1.05. The number of nitrogens with zero attached hydrogens (tertiary/aromatic N) is 2. The molecule has 0 bridgehead atoms. The van der Waals surface area contributed by atoms with E-state index in [4.69, 9.17) is 5.11 Å². The van der Waals surface area contributed by atoms with E-state index in [0.29, 0.717) is 6.42 Å². The second kappa shape index (κ2) is 5.24. The second-order valence-electron chi connectivity index (χ2n) is 3.83. The number of rotatable bonds is 5. The summed E-state index contributed by atoms with van der Waals surface area (Å²) in [4.78, 5) is 24.9. The van der Waals surface area contributed by atoms with E-state index in [1.807, 2.05) is 13.8 Å². The molecule has 7 heteroatoms. The minimum Gasteiger partial charge on any atom is -0.480 e. The number of nitrogens with one attached hydrogen (secondary N) is 2. The molecule has 0 radical (unpaired) electrons. The minimum absolute atomic E-state index is 0.00926. The van der Waals surface area contributed by atoms with Crippen molar-refractivity contribution in [1.29, 1.82) is 0 Å². The van der Waals surface area contributed by atoms with Crippen molar-refractivity contribution in [3.63, 3.8) is 0 Å². The summed E-state index contributed by atoms with van der Waals surface area (Å²) in [6.45, 7) is 3.77. The topological polar surface area (TPSA) is 108 Å². The molecule has 0 fully saturated rings. The molecular formula is C9H14N4O3. The summed E-state index contributed by atoms with van der Waals surface area (Å²) < 4.78 is 0. The largest absolute Gasteiger partial charge is 0.480 e. The van der Waals surface area contributed by atoms with Gasteiger partial charge in [-0.25, -0.2) is 4.79 Å². The van der Waals surface area contributed by atoms with Crippen LogP contribution in [0, 0.1) is 5.92 Å². The van der Waals surface area contributed by atoms with Crippen LogP contribution in [0.15, 0.2) is 6.33 Å². The fraction of sp³-hybridized carbons (Fsp3) is 0.556. The number of carbonyl (C=O) groups is 2. The Labute approximate surface area is 92.3 Å². The van der Waals surface area contributed by atoms with Gasteiger partial charge in [-0.05, 0) is 12.3 Å². The number of carboxylic acid groups (broad SMARTS) is 1. The first-order valence-electron chi connectivity index (χ1n) is 4.90. The summed E-state index contributed by atoms with van der Waals surface area (Å²) in [6.07, 6.45) is 1.63. The third-order valence-electron chi connectivity index (χ3n) is 1.94. The molecule has 0 aromatic carbocycles. The van der Waals surface area contributed by atoms with Gasteiger partial charge >= 0.3 is 5.97 Å². The summed E-state index contributed by atoms with van der Waals surface area (Å²) in [5.41, 5.74) is 0. The smallest absolute Gasteiger partial charge is 0.326 e. The Hall–Kier alpha value is -1.92. The molecule has 0 aliphatic heterocycles. The van der Waals surface area contributed by atoms with E-state index in [1.165, 1.54) is 6.33 Å². The van der Waals surface area contributed by atoms with Crippen LogP contribution in [-0.2, 0) is 4.79 Å². The summed E-state index contributed by atoms with van der Waals surface area (Å²) >= 11 is 0. The van der Waals surface area contributed by atoms with Gasteiger partial charge in [-0.15, -0.1) is 10.2 Å². The predicted octanol–water partition coefficient (Wildman–Crippen LogP) is 0.0338. The lowest BCUT2D eigenvalue weighted by Crippen LogP contribution is -2.42. The lowest BCUT2D eigenvalue weighted by Gasteiger charge is -2.15. The van der Waals surface area contributed by atoms with Crippen LogP contribution in [0.5, 0.6) is 0 Å². The van der Waals surface area contributed by atoms with Crippen molar-refractivity contribution in [1.82, 2.24) is 20.5 Å². The van der Waals surface area contributed by atoms with E-state index < -0.39 is 17.9 Å². The zero-order chi connectivity index (χ0) is 12.1. The highest BCUT2D eigenvalue weighted by Gasteiger charge is 2.22. The van der Waals surface area contributed by atoms with Crippen molar-refractivity contribution in [2.45, 2.75) is 26.3 Å². The van der Waals surface area contributed by atoms with Crippen LogP contribution < -0.4 is 5.32 Å². The van der Waals surface area contributed by atoms with Gasteiger partial charge in [0, 0.05) is 0 Å². The van der Waals surface area contributed by atoms with Gasteiger partial charge in [0.15, 0.2) is 0 Å². The van der Waals surface area contributed by atoms with Gasteiger partial charge in [0.05, 0.1) is 0 Å². The molecule has 0 saturated carbocycles. The number of carboxylic acids is 1. The van der Waals surface area contributed by atoms with Crippen LogP contribution in [0.25, 0.3) is 0 Å². The molecule has 1 rings (SSSR count). The van der Waals surface area contributed by atoms with Crippen molar-refractivity contribution in [3.05, 3.63) is 12.2 Å². The second-order valence-corrected chi connectivity index (χ2v) is 3.83. The van der Waals surface area contributed by atoms with Crippen LogP contribution in [0.3, 0.4) is 0 Å². The first-order chi connectivity index (χ1) is 7.50. The number of amides is 1. The number of hydrogen-bond acceptors (Lipinski definition) is 4. The molecule has 1 aromatic rings. The van der Waals surface area contributed by atoms with E-state index in [2.05, 4.69) is 20.5 Å². The monoisotopic (exact) mass is 226 g/mol. The molecule has 0 aliphatic carbocycles. The van der Waals surface area contributed by atoms with Crippen molar-refractivity contribution < 1.29 is 14.7 Å². The zero-order valence-electron chi connectivity index (χ0n) is 9.10. The van der Waals surface area contributed by atoms with Crippen LogP contribution in [0.2, 0.25) is 0 Å². The van der Waals surface area contributed by atoms with Gasteiger partial charge in [0.2, 0.25) is 5.82 Å². The van der Waals surface area contributed by atoms with Crippen molar-refractivity contribution in [3.8, 4) is 0 Å². The lowest BCUT2D eigenvalue weighted by atomic mass is 10.0. The average molecular weight is 226 g/mol. The van der Waals surface area contributed by atoms with E-state index >= 15 is 0 Å². The van der Waals surface area contributed by atoms with Gasteiger partial charge < -0.3 is 15.4 Å². The van der Waals surface area contributed by atoms with Crippen LogP contribution in [0.1, 0.15) is 30.9 Å². The van der Waals surface area contributed by atoms with Crippen LogP contribution in [-0.4, -0.2) is 38.2 Å². The van der Waals surface area contributed by atoms with E-state index in [1.54, 1.807) is 0 Å². The van der Waals surface area contributed by atoms with Gasteiger partial charge in [0.25, 0.3) is 5.91 Å². The maximum Gasteiger partial charge on any atom is 0.326 e. The Bertz CT molecular complexity index is 361. The molecule has 1 atom stereocenters. The maximum absolute atomic E-state index is 11.5. The number of aliphatic carboxylic acids is 1. The van der Waals surface area contributed by atoms with Crippen LogP contribution in [0.4, 0.5) is 0 Å². The average Bonchev–Trinajstić information content (AvgIpc) is 2.68. The number of aromatic amines is 1. The summed E-state index contributed by atoms with van der Waals surface area (Å²) in [6, 6.07) is -0.905. The number of carbonyl (C=O) groups excluding carboxylic acids is 1. The van der Waals surface area contributed by atoms with Crippen molar-refractivity contribution in [2.75, 3.05) is 0 Å². The SMILES string of the molecule is CC(C)C[C@H](NC(=O)c1nnc[nH]1)C(=O)O. The Kier molecular flexibility index (Phi) is 3.98. The molecule has 1 aromatic heterocycles. The zero-order valence-corrected chi connectivity index (χ0v) is 9.10. The Morgan fingerprint density at radius 1 is 1.56 bits per heavy atom. The highest BCUT2D eigenvalue weighted by Crippen LogP contribution is 2.05. The molecule has 0 aliphatic rings. The maximum atomic E-state index is 11.5. The number of hydrogen-bond donors (Lipinski definition) is 3. The fourth-order valence-electron chi connectivity index (χ4n) is 1.24. The normalized spacial score (nSPS) is 12.4. The van der Waals surface area contributed by atoms with E-state index in [-0.39, 0.29) is 11.7 Å². The molecule has 7 nitrogen and oxygen atoms in total. The third-order valence-corrected chi connectivity index (χ3v) is 1.94. The number of aromatic nitrogens is 3. The molecule has 3 N–H and O–H groups in total. The van der Waals surface area contributed by atoms with Crippen LogP contribution >= 0.6 is 0 Å². The molecule has 1 amide bonds. The van der Waals surface area contributed by atoms with E-state index in [0.717, 1.165) is 0 Å². The van der Waals surface area contributed by atoms with E-state index in [9.17, 15) is 9.59 Å². The molecule has 88 valence electrons. The fourth-order valence-corrected chi connectivity index (χ4v) is 1.24. The van der Waals surface area contributed by atoms with Crippen molar-refractivity contribution >= 4 is 11.9 Å².